The molecule has 0 amide bonds. The topological polar surface area (TPSA) is 70.4 Å². The van der Waals surface area contributed by atoms with Crippen LogP contribution in [-0.2, 0) is 27.3 Å². The van der Waals surface area contributed by atoms with Crippen LogP contribution >= 0.6 is 23.1 Å². The van der Waals surface area contributed by atoms with Crippen LogP contribution in [0.15, 0.2) is 34.2 Å². The fourth-order valence-corrected chi connectivity index (χ4v) is 5.92. The molecule has 0 saturated carbocycles. The normalized spacial score (nSPS) is 17.0. The Balaban J connectivity index is 1.95. The molecule has 3 heterocycles. The second-order valence-electron chi connectivity index (χ2n) is 8.09. The van der Waals surface area contributed by atoms with Crippen LogP contribution in [0.3, 0.4) is 0 Å². The van der Waals surface area contributed by atoms with E-state index in [1.807, 2.05) is 31.2 Å². The Hall–Kier alpha value is -2.16. The van der Waals surface area contributed by atoms with E-state index in [4.69, 9.17) is 14.5 Å². The number of thioether (sulfide) groups is 1. The Bertz CT molecular complexity index is 1200. The SMILES string of the molecule is COC(=O)[C@H](C)Sc1nc2sc3c(c2c(=O)n1-c1ccccc1C)C[C@@H](C(C)C)OC3. The Morgan fingerprint density at radius 1 is 1.32 bits per heavy atom. The molecule has 31 heavy (non-hydrogen) atoms. The predicted molar refractivity (Wildman–Crippen MR) is 124 cm³/mol. The number of benzene rings is 1. The summed E-state index contributed by atoms with van der Waals surface area (Å²) in [7, 11) is 1.36. The Morgan fingerprint density at radius 3 is 2.74 bits per heavy atom. The monoisotopic (exact) mass is 458 g/mol. The zero-order valence-electron chi connectivity index (χ0n) is 18.3. The summed E-state index contributed by atoms with van der Waals surface area (Å²) in [5.74, 6) is 0.0136. The molecule has 2 aromatic heterocycles. The van der Waals surface area contributed by atoms with Gasteiger partial charge in [-0.15, -0.1) is 11.3 Å². The standard InChI is InChI=1S/C23H26N2O4S2/c1-12(2)17-10-15-18(11-29-17)31-20-19(15)21(26)25(16-9-7-6-8-13(16)3)23(24-20)30-14(4)22(27)28-5/h6-9,12,14,17H,10-11H2,1-5H3/t14-,17-/m0/s1. The lowest BCUT2D eigenvalue weighted by atomic mass is 9.96. The van der Waals surface area contributed by atoms with Gasteiger partial charge in [-0.3, -0.25) is 14.2 Å². The van der Waals surface area contributed by atoms with Crippen molar-refractivity contribution in [1.82, 2.24) is 9.55 Å². The van der Waals surface area contributed by atoms with Gasteiger partial charge in [0.05, 0.1) is 30.9 Å². The summed E-state index contributed by atoms with van der Waals surface area (Å²) in [6.45, 7) is 8.50. The molecule has 164 valence electrons. The van der Waals surface area contributed by atoms with E-state index in [0.717, 1.165) is 21.7 Å². The molecule has 1 aliphatic heterocycles. The lowest BCUT2D eigenvalue weighted by Crippen LogP contribution is -2.28. The first-order valence-corrected chi connectivity index (χ1v) is 12.0. The van der Waals surface area contributed by atoms with Gasteiger partial charge in [0.2, 0.25) is 0 Å². The summed E-state index contributed by atoms with van der Waals surface area (Å²) < 4.78 is 12.5. The number of aryl methyl sites for hydroxylation is 1. The van der Waals surface area contributed by atoms with Crippen molar-refractivity contribution in [2.45, 2.75) is 57.2 Å². The highest BCUT2D eigenvalue weighted by Gasteiger charge is 2.29. The van der Waals surface area contributed by atoms with Gasteiger partial charge >= 0.3 is 5.97 Å². The third-order valence-corrected chi connectivity index (χ3v) is 7.76. The van der Waals surface area contributed by atoms with Crippen molar-refractivity contribution in [2.24, 2.45) is 5.92 Å². The highest BCUT2D eigenvalue weighted by atomic mass is 32.2. The van der Waals surface area contributed by atoms with Crippen molar-refractivity contribution in [2.75, 3.05) is 7.11 Å². The number of carbonyl (C=O) groups is 1. The summed E-state index contributed by atoms with van der Waals surface area (Å²) in [5, 5.41) is 0.671. The predicted octanol–water partition coefficient (Wildman–Crippen LogP) is 4.51. The van der Waals surface area contributed by atoms with Gasteiger partial charge < -0.3 is 9.47 Å². The maximum atomic E-state index is 13.9. The zero-order chi connectivity index (χ0) is 22.3. The molecule has 6 nitrogen and oxygen atoms in total. The van der Waals surface area contributed by atoms with E-state index in [2.05, 4.69) is 13.8 Å². The number of para-hydroxylation sites is 1. The molecule has 3 aromatic rings. The van der Waals surface area contributed by atoms with Crippen molar-refractivity contribution in [3.63, 3.8) is 0 Å². The van der Waals surface area contributed by atoms with Gasteiger partial charge in [-0.25, -0.2) is 4.98 Å². The molecule has 8 heteroatoms. The number of hydrogen-bond donors (Lipinski definition) is 0. The molecule has 0 bridgehead atoms. The van der Waals surface area contributed by atoms with E-state index in [-0.39, 0.29) is 17.6 Å². The molecule has 0 aliphatic carbocycles. The summed E-state index contributed by atoms with van der Waals surface area (Å²) in [6.07, 6.45) is 0.799. The van der Waals surface area contributed by atoms with Gasteiger partial charge in [0, 0.05) is 11.3 Å². The molecule has 0 N–H and O–H groups in total. The highest BCUT2D eigenvalue weighted by Crippen LogP contribution is 2.37. The second-order valence-corrected chi connectivity index (χ2v) is 10.5. The Morgan fingerprint density at radius 2 is 2.06 bits per heavy atom. The lowest BCUT2D eigenvalue weighted by molar-refractivity contribution is -0.139. The number of methoxy groups -OCH3 is 1. The van der Waals surface area contributed by atoms with Gasteiger partial charge in [0.25, 0.3) is 5.56 Å². The van der Waals surface area contributed by atoms with Gasteiger partial charge in [-0.05, 0) is 37.0 Å². The zero-order valence-corrected chi connectivity index (χ0v) is 19.9. The number of fused-ring (bicyclic) bond motifs is 3. The van der Waals surface area contributed by atoms with Crippen molar-refractivity contribution in [3.8, 4) is 5.69 Å². The minimum absolute atomic E-state index is 0.0880. The maximum Gasteiger partial charge on any atom is 0.318 e. The molecule has 0 radical (unpaired) electrons. The van der Waals surface area contributed by atoms with Gasteiger partial charge in [-0.2, -0.15) is 0 Å². The number of nitrogens with zero attached hydrogens (tertiary/aromatic N) is 2. The molecule has 0 spiro atoms. The quantitative estimate of drug-likeness (QED) is 0.318. The average molecular weight is 459 g/mol. The molecule has 2 atom stereocenters. The number of hydrogen-bond acceptors (Lipinski definition) is 7. The Labute approximate surface area is 189 Å². The molecular weight excluding hydrogens is 432 g/mol. The van der Waals surface area contributed by atoms with Crippen LogP contribution in [0.1, 0.15) is 36.8 Å². The number of aromatic nitrogens is 2. The third kappa shape index (κ3) is 4.04. The number of carbonyl (C=O) groups excluding carboxylic acids is 1. The number of thiophene rings is 1. The minimum Gasteiger partial charge on any atom is -0.468 e. The van der Waals surface area contributed by atoms with Crippen molar-refractivity contribution >= 4 is 39.3 Å². The van der Waals surface area contributed by atoms with Crippen LogP contribution in [0, 0.1) is 12.8 Å². The van der Waals surface area contributed by atoms with E-state index in [1.165, 1.54) is 30.2 Å². The van der Waals surface area contributed by atoms with Crippen LogP contribution in [0.25, 0.3) is 15.9 Å². The highest BCUT2D eigenvalue weighted by molar-refractivity contribution is 8.00. The third-order valence-electron chi connectivity index (χ3n) is 5.63. The summed E-state index contributed by atoms with van der Waals surface area (Å²) in [4.78, 5) is 32.6. The molecule has 0 unspecified atom stereocenters. The van der Waals surface area contributed by atoms with E-state index in [0.29, 0.717) is 34.3 Å². The minimum atomic E-state index is -0.493. The van der Waals surface area contributed by atoms with Crippen LogP contribution in [0.5, 0.6) is 0 Å². The van der Waals surface area contributed by atoms with Gasteiger partial charge in [-0.1, -0.05) is 43.8 Å². The van der Waals surface area contributed by atoms with E-state index < -0.39 is 5.25 Å². The summed E-state index contributed by atoms with van der Waals surface area (Å²) >= 11 is 2.75. The largest absolute Gasteiger partial charge is 0.468 e. The molecule has 1 aromatic carbocycles. The van der Waals surface area contributed by atoms with E-state index in [1.54, 1.807) is 11.5 Å². The first kappa shape index (κ1) is 22.0. The van der Waals surface area contributed by atoms with E-state index >= 15 is 0 Å². The maximum absolute atomic E-state index is 13.9. The molecule has 0 saturated heterocycles. The van der Waals surface area contributed by atoms with Crippen molar-refractivity contribution < 1.29 is 14.3 Å². The Kier molecular flexibility index (Phi) is 6.23. The molecule has 0 fully saturated rings. The molecule has 1 aliphatic rings. The van der Waals surface area contributed by atoms with E-state index in [9.17, 15) is 9.59 Å². The van der Waals surface area contributed by atoms with Crippen molar-refractivity contribution in [3.05, 3.63) is 50.6 Å². The molecule has 4 rings (SSSR count). The number of rotatable bonds is 5. The van der Waals surface area contributed by atoms with Crippen LogP contribution in [-0.4, -0.2) is 34.0 Å². The first-order valence-electron chi connectivity index (χ1n) is 10.3. The summed E-state index contributed by atoms with van der Waals surface area (Å²) in [6, 6.07) is 7.73. The van der Waals surface area contributed by atoms with Crippen LogP contribution < -0.4 is 5.56 Å². The summed E-state index contributed by atoms with van der Waals surface area (Å²) in [5.41, 5.74) is 2.70. The fourth-order valence-electron chi connectivity index (χ4n) is 3.81. The van der Waals surface area contributed by atoms with Crippen LogP contribution in [0.4, 0.5) is 0 Å². The number of esters is 1. The first-order chi connectivity index (χ1) is 14.8. The number of ether oxygens (including phenoxy) is 2. The van der Waals surface area contributed by atoms with Crippen molar-refractivity contribution in [1.29, 1.82) is 0 Å². The average Bonchev–Trinajstić information content (AvgIpc) is 3.11. The van der Waals surface area contributed by atoms with Gasteiger partial charge in [0.15, 0.2) is 5.16 Å². The van der Waals surface area contributed by atoms with Crippen LogP contribution in [0.2, 0.25) is 0 Å². The smallest absolute Gasteiger partial charge is 0.318 e. The molecular formula is C23H26N2O4S2. The fraction of sp³-hybridized carbons (Fsp3) is 0.435. The van der Waals surface area contributed by atoms with Gasteiger partial charge in [0.1, 0.15) is 10.1 Å². The second kappa shape index (κ2) is 8.76. The lowest BCUT2D eigenvalue weighted by Gasteiger charge is -2.26.